The number of thioether (sulfide) groups is 1. The number of nitrogens with zero attached hydrogens (tertiary/aromatic N) is 3. The van der Waals surface area contributed by atoms with Crippen molar-refractivity contribution in [3.8, 4) is 11.4 Å². The largest absolute Gasteiger partial charge is 0.465 e. The van der Waals surface area contributed by atoms with E-state index in [1.807, 2.05) is 66.2 Å². The lowest BCUT2D eigenvalue weighted by molar-refractivity contribution is -0.142. The molecule has 0 amide bonds. The third-order valence-electron chi connectivity index (χ3n) is 3.78. The van der Waals surface area contributed by atoms with Crippen LogP contribution >= 0.6 is 23.4 Å². The van der Waals surface area contributed by atoms with Crippen LogP contribution in [0.1, 0.15) is 17.7 Å². The van der Waals surface area contributed by atoms with Crippen LogP contribution in [-0.2, 0) is 16.6 Å². The monoisotopic (exact) mass is 387 g/mol. The molecule has 0 aliphatic heterocycles. The minimum absolute atomic E-state index is 0.300. The number of carbonyl (C=O) groups excluding carboxylic acids is 1. The SMILES string of the molecule is CCOC(=O)[C@@H](Sc1nnc(-c2ccccc2Cl)n1C)c1ccccc1. The van der Waals surface area contributed by atoms with Crippen molar-refractivity contribution in [2.75, 3.05) is 6.61 Å². The number of carbonyl (C=O) groups is 1. The van der Waals surface area contributed by atoms with Crippen molar-refractivity contribution in [3.05, 3.63) is 65.2 Å². The second-order valence-corrected chi connectivity index (χ2v) is 6.99. The normalized spacial score (nSPS) is 12.0. The predicted molar refractivity (Wildman–Crippen MR) is 103 cm³/mol. The van der Waals surface area contributed by atoms with E-state index in [2.05, 4.69) is 10.2 Å². The summed E-state index contributed by atoms with van der Waals surface area (Å²) in [6.45, 7) is 2.12. The topological polar surface area (TPSA) is 57.0 Å². The first-order chi connectivity index (χ1) is 12.6. The lowest BCUT2D eigenvalue weighted by Gasteiger charge is -2.15. The predicted octanol–water partition coefficient (Wildman–Crippen LogP) is 4.53. The summed E-state index contributed by atoms with van der Waals surface area (Å²) in [5.41, 5.74) is 1.65. The molecule has 0 N–H and O–H groups in total. The fourth-order valence-corrected chi connectivity index (χ4v) is 3.72. The first-order valence-electron chi connectivity index (χ1n) is 8.14. The number of aromatic nitrogens is 3. The number of benzene rings is 2. The van der Waals surface area contributed by atoms with Gasteiger partial charge in [0.15, 0.2) is 11.0 Å². The molecule has 3 aromatic rings. The van der Waals surface area contributed by atoms with Gasteiger partial charge in [-0.25, -0.2) is 0 Å². The van der Waals surface area contributed by atoms with Crippen LogP contribution in [0.4, 0.5) is 0 Å². The summed E-state index contributed by atoms with van der Waals surface area (Å²) in [4.78, 5) is 12.5. The molecular weight excluding hydrogens is 370 g/mol. The maximum atomic E-state index is 12.5. The van der Waals surface area contributed by atoms with Gasteiger partial charge in [0.1, 0.15) is 5.25 Å². The van der Waals surface area contributed by atoms with Crippen molar-refractivity contribution in [1.82, 2.24) is 14.8 Å². The zero-order chi connectivity index (χ0) is 18.5. The minimum Gasteiger partial charge on any atom is -0.465 e. The summed E-state index contributed by atoms with van der Waals surface area (Å²) in [7, 11) is 1.86. The number of esters is 1. The lowest BCUT2D eigenvalue weighted by Crippen LogP contribution is -2.14. The van der Waals surface area contributed by atoms with Gasteiger partial charge in [-0.1, -0.05) is 65.8 Å². The lowest BCUT2D eigenvalue weighted by atomic mass is 10.1. The molecule has 3 rings (SSSR count). The molecule has 0 saturated carbocycles. The zero-order valence-corrected chi connectivity index (χ0v) is 16.0. The van der Waals surface area contributed by atoms with Gasteiger partial charge >= 0.3 is 5.97 Å². The van der Waals surface area contributed by atoms with Crippen LogP contribution in [0, 0.1) is 0 Å². The molecule has 1 aromatic heterocycles. The Hall–Kier alpha value is -2.31. The summed E-state index contributed by atoms with van der Waals surface area (Å²) < 4.78 is 7.08. The summed E-state index contributed by atoms with van der Waals surface area (Å²) in [5, 5.41) is 9.20. The molecule has 0 fully saturated rings. The molecule has 1 heterocycles. The maximum absolute atomic E-state index is 12.5. The van der Waals surface area contributed by atoms with Gasteiger partial charge in [0.05, 0.1) is 11.6 Å². The maximum Gasteiger partial charge on any atom is 0.324 e. The Kier molecular flexibility index (Phi) is 5.96. The smallest absolute Gasteiger partial charge is 0.324 e. The number of halogens is 1. The van der Waals surface area contributed by atoms with Crippen molar-refractivity contribution in [3.63, 3.8) is 0 Å². The molecule has 0 aliphatic rings. The van der Waals surface area contributed by atoms with Gasteiger partial charge in [0.2, 0.25) is 0 Å². The van der Waals surface area contributed by atoms with Crippen molar-refractivity contribution in [2.45, 2.75) is 17.3 Å². The Morgan fingerprint density at radius 2 is 1.85 bits per heavy atom. The van der Waals surface area contributed by atoms with Gasteiger partial charge in [0.25, 0.3) is 0 Å². The summed E-state index contributed by atoms with van der Waals surface area (Å²) in [6.07, 6.45) is 0. The minimum atomic E-state index is -0.516. The third-order valence-corrected chi connectivity index (χ3v) is 5.37. The van der Waals surface area contributed by atoms with Crippen LogP contribution < -0.4 is 0 Å². The highest BCUT2D eigenvalue weighted by atomic mass is 35.5. The first-order valence-corrected chi connectivity index (χ1v) is 9.40. The van der Waals surface area contributed by atoms with Crippen LogP contribution in [0.25, 0.3) is 11.4 Å². The molecule has 0 spiro atoms. The first kappa shape index (κ1) is 18.5. The van der Waals surface area contributed by atoms with Crippen molar-refractivity contribution < 1.29 is 9.53 Å². The molecule has 0 aliphatic carbocycles. The Balaban J connectivity index is 1.93. The Labute approximate surface area is 161 Å². The van der Waals surface area contributed by atoms with E-state index in [0.29, 0.717) is 22.6 Å². The molecule has 7 heteroatoms. The molecule has 1 atom stereocenters. The quantitative estimate of drug-likeness (QED) is 0.459. The van der Waals surface area contributed by atoms with E-state index >= 15 is 0 Å². The van der Waals surface area contributed by atoms with Crippen LogP contribution in [0.5, 0.6) is 0 Å². The van der Waals surface area contributed by atoms with Crippen LogP contribution in [0.15, 0.2) is 59.8 Å². The van der Waals surface area contributed by atoms with Gasteiger partial charge in [0, 0.05) is 12.6 Å². The fraction of sp³-hybridized carbons (Fsp3) is 0.211. The summed E-state index contributed by atoms with van der Waals surface area (Å²) >= 11 is 7.58. The Morgan fingerprint density at radius 3 is 2.54 bits per heavy atom. The van der Waals surface area contributed by atoms with E-state index < -0.39 is 5.25 Å². The fourth-order valence-electron chi connectivity index (χ4n) is 2.50. The van der Waals surface area contributed by atoms with E-state index in [9.17, 15) is 4.79 Å². The molecule has 0 saturated heterocycles. The average Bonchev–Trinajstić information content (AvgIpc) is 3.01. The van der Waals surface area contributed by atoms with E-state index in [4.69, 9.17) is 16.3 Å². The van der Waals surface area contributed by atoms with Crippen LogP contribution in [0.3, 0.4) is 0 Å². The van der Waals surface area contributed by atoms with Crippen LogP contribution in [-0.4, -0.2) is 27.3 Å². The summed E-state index contributed by atoms with van der Waals surface area (Å²) in [6, 6.07) is 17.0. The standard InChI is InChI=1S/C19H18ClN3O2S/c1-3-25-18(24)16(13-9-5-4-6-10-13)26-19-22-21-17(23(19)2)14-11-7-8-12-15(14)20/h4-12,16H,3H2,1-2H3/t16-/m0/s1. The van der Waals surface area contributed by atoms with Gasteiger partial charge in [-0.3, -0.25) is 4.79 Å². The highest BCUT2D eigenvalue weighted by molar-refractivity contribution is 8.00. The van der Waals surface area contributed by atoms with Crippen molar-refractivity contribution in [1.29, 1.82) is 0 Å². The molecule has 2 aromatic carbocycles. The molecule has 0 radical (unpaired) electrons. The van der Waals surface area contributed by atoms with Crippen molar-refractivity contribution >= 4 is 29.3 Å². The van der Waals surface area contributed by atoms with Gasteiger partial charge in [-0.2, -0.15) is 0 Å². The Bertz CT molecular complexity index is 899. The summed E-state index contributed by atoms with van der Waals surface area (Å²) in [5.74, 6) is 0.347. The van der Waals surface area contributed by atoms with E-state index in [0.717, 1.165) is 11.1 Å². The number of rotatable bonds is 6. The van der Waals surface area contributed by atoms with Gasteiger partial charge in [-0.15, -0.1) is 10.2 Å². The molecule has 0 unspecified atom stereocenters. The zero-order valence-electron chi connectivity index (χ0n) is 14.4. The second-order valence-electron chi connectivity index (χ2n) is 5.51. The number of ether oxygens (including phenoxy) is 1. The number of hydrogen-bond donors (Lipinski definition) is 0. The molecule has 26 heavy (non-hydrogen) atoms. The Morgan fingerprint density at radius 1 is 1.15 bits per heavy atom. The molecule has 0 bridgehead atoms. The third kappa shape index (κ3) is 3.92. The molecular formula is C19H18ClN3O2S. The molecule has 134 valence electrons. The number of hydrogen-bond acceptors (Lipinski definition) is 5. The van der Waals surface area contributed by atoms with Crippen molar-refractivity contribution in [2.24, 2.45) is 7.05 Å². The van der Waals surface area contributed by atoms with E-state index in [1.54, 1.807) is 6.92 Å². The van der Waals surface area contributed by atoms with Gasteiger partial charge in [-0.05, 0) is 24.6 Å². The highest BCUT2D eigenvalue weighted by Gasteiger charge is 2.26. The van der Waals surface area contributed by atoms with Crippen LogP contribution in [0.2, 0.25) is 5.02 Å². The van der Waals surface area contributed by atoms with Gasteiger partial charge < -0.3 is 9.30 Å². The average molecular weight is 388 g/mol. The van der Waals surface area contributed by atoms with E-state index in [1.165, 1.54) is 11.8 Å². The second kappa shape index (κ2) is 8.38. The van der Waals surface area contributed by atoms with E-state index in [-0.39, 0.29) is 5.97 Å². The highest BCUT2D eigenvalue weighted by Crippen LogP contribution is 2.37. The molecule has 5 nitrogen and oxygen atoms in total.